The van der Waals surface area contributed by atoms with E-state index in [1.54, 1.807) is 0 Å². The molecule has 0 spiro atoms. The number of hydrogen-bond acceptors (Lipinski definition) is 3. The first-order valence-corrected chi connectivity index (χ1v) is 5.54. The lowest BCUT2D eigenvalue weighted by atomic mass is 10.6. The molecule has 0 fully saturated rings. The largest absolute Gasteiger partial charge is 0.377 e. The van der Waals surface area contributed by atoms with Gasteiger partial charge in [0.2, 0.25) is 0 Å². The van der Waals surface area contributed by atoms with Crippen molar-refractivity contribution in [1.29, 1.82) is 0 Å². The quantitative estimate of drug-likeness (QED) is 0.396. The van der Waals surface area contributed by atoms with Gasteiger partial charge in [0.15, 0.2) is 5.41 Å². The van der Waals surface area contributed by atoms with E-state index >= 15 is 0 Å². The van der Waals surface area contributed by atoms with E-state index in [9.17, 15) is 0 Å². The maximum atomic E-state index is 5.49. The van der Waals surface area contributed by atoms with Gasteiger partial charge in [0, 0.05) is 19.8 Å². The second-order valence-electron chi connectivity index (χ2n) is 2.64. The molecule has 0 aliphatic carbocycles. The normalized spacial score (nSPS) is 11.3. The number of ether oxygens (including phenoxy) is 3. The van der Waals surface area contributed by atoms with Gasteiger partial charge in [0.05, 0.1) is 16.8 Å². The van der Waals surface area contributed by atoms with Crippen molar-refractivity contribution in [2.24, 2.45) is 0 Å². The van der Waals surface area contributed by atoms with E-state index in [1.165, 1.54) is 0 Å². The zero-order chi connectivity index (χ0) is 9.45. The van der Waals surface area contributed by atoms with Crippen LogP contribution in [0.4, 0.5) is 0 Å². The van der Waals surface area contributed by atoms with Crippen molar-refractivity contribution in [1.82, 2.24) is 0 Å². The van der Waals surface area contributed by atoms with Gasteiger partial charge in [-0.25, -0.2) is 0 Å². The van der Waals surface area contributed by atoms with Crippen molar-refractivity contribution >= 4 is 21.2 Å². The smallest absolute Gasteiger partial charge is 0.163 e. The second kappa shape index (κ2) is 8.89. The van der Waals surface area contributed by atoms with E-state index in [0.717, 1.165) is 10.2 Å². The van der Waals surface area contributed by atoms with Gasteiger partial charge in [-0.2, -0.15) is 0 Å². The van der Waals surface area contributed by atoms with Gasteiger partial charge in [-0.3, -0.25) is 0 Å². The van der Waals surface area contributed by atoms with Crippen LogP contribution in [0.2, 0.25) is 0 Å². The molecule has 0 saturated carbocycles. The third kappa shape index (κ3) is 7.39. The van der Waals surface area contributed by atoms with E-state index < -0.39 is 5.41 Å². The minimum absolute atomic E-state index is 0. The Hall–Kier alpha value is 0.314. The molecular formula is C8H24O3Si2. The van der Waals surface area contributed by atoms with Crippen LogP contribution in [0.5, 0.6) is 0 Å². The van der Waals surface area contributed by atoms with Gasteiger partial charge in [-0.15, -0.1) is 0 Å². The summed E-state index contributed by atoms with van der Waals surface area (Å²) in [6, 6.07) is 0. The number of rotatable bonds is 7. The highest BCUT2D eigenvalue weighted by Crippen LogP contribution is 2.08. The van der Waals surface area contributed by atoms with Crippen molar-refractivity contribution in [3.63, 3.8) is 0 Å². The summed E-state index contributed by atoms with van der Waals surface area (Å²) in [5.41, 5.74) is -0.431. The van der Waals surface area contributed by atoms with Gasteiger partial charge < -0.3 is 14.2 Å². The molecule has 0 saturated heterocycles. The molecule has 0 radical (unpaired) electrons. The van der Waals surface area contributed by atoms with Crippen LogP contribution in [0.3, 0.4) is 0 Å². The second-order valence-corrected chi connectivity index (χ2v) is 4.16. The summed E-state index contributed by atoms with van der Waals surface area (Å²) in [5.74, 6) is 0. The molecule has 0 rings (SSSR count). The van der Waals surface area contributed by atoms with Crippen LogP contribution in [0.25, 0.3) is 0 Å². The van der Waals surface area contributed by atoms with Crippen molar-refractivity contribution in [3.8, 4) is 0 Å². The standard InChI is InChI=1S/C8H20O3Si.H4Si/c1-4-9-7-8(12,10-5-2)11-6-3;/h4-7H2,1-3,12H3;1H4. The molecule has 0 N–H and O–H groups in total. The summed E-state index contributed by atoms with van der Waals surface area (Å²) >= 11 is 0. The third-order valence-electron chi connectivity index (χ3n) is 1.47. The van der Waals surface area contributed by atoms with Crippen LogP contribution in [0, 0.1) is 0 Å². The van der Waals surface area contributed by atoms with E-state index in [0.29, 0.717) is 26.4 Å². The van der Waals surface area contributed by atoms with Crippen LogP contribution >= 0.6 is 0 Å². The Morgan fingerprint density at radius 1 is 1.00 bits per heavy atom. The molecule has 0 aliphatic heterocycles. The maximum Gasteiger partial charge on any atom is 0.163 e. The molecule has 5 heteroatoms. The zero-order valence-electron chi connectivity index (χ0n) is 8.55. The van der Waals surface area contributed by atoms with Crippen LogP contribution < -0.4 is 0 Å². The van der Waals surface area contributed by atoms with Gasteiger partial charge in [-0.05, 0) is 31.7 Å². The fraction of sp³-hybridized carbons (Fsp3) is 1.00. The lowest BCUT2D eigenvalue weighted by Crippen LogP contribution is -2.41. The predicted molar refractivity (Wildman–Crippen MR) is 63.7 cm³/mol. The maximum absolute atomic E-state index is 5.49. The minimum atomic E-state index is -0.431. The molecule has 0 heterocycles. The summed E-state index contributed by atoms with van der Waals surface area (Å²) in [4.78, 5) is 0. The van der Waals surface area contributed by atoms with Crippen LogP contribution in [0.15, 0.2) is 0 Å². The predicted octanol–water partition coefficient (Wildman–Crippen LogP) is -1.34. The average Bonchev–Trinajstić information content (AvgIpc) is 2.02. The first kappa shape index (κ1) is 15.8. The lowest BCUT2D eigenvalue weighted by molar-refractivity contribution is -0.201. The summed E-state index contributed by atoms with van der Waals surface area (Å²) in [7, 11) is 0.833. The van der Waals surface area contributed by atoms with Crippen molar-refractivity contribution < 1.29 is 14.2 Å². The molecular weight excluding hydrogens is 200 g/mol. The zero-order valence-corrected chi connectivity index (χ0v) is 10.6. The molecule has 0 aliphatic rings. The van der Waals surface area contributed by atoms with Crippen LogP contribution in [0.1, 0.15) is 20.8 Å². The van der Waals surface area contributed by atoms with Crippen molar-refractivity contribution in [2.45, 2.75) is 26.2 Å². The Morgan fingerprint density at radius 3 is 1.77 bits per heavy atom. The Labute approximate surface area is 88.6 Å². The fourth-order valence-corrected chi connectivity index (χ4v) is 1.80. The van der Waals surface area contributed by atoms with E-state index in [2.05, 4.69) is 0 Å². The Morgan fingerprint density at radius 2 is 1.46 bits per heavy atom. The first-order chi connectivity index (χ1) is 5.68. The van der Waals surface area contributed by atoms with E-state index in [4.69, 9.17) is 14.2 Å². The van der Waals surface area contributed by atoms with Crippen LogP contribution in [-0.2, 0) is 14.2 Å². The molecule has 82 valence electrons. The fourth-order valence-electron chi connectivity index (χ4n) is 1.02. The highest BCUT2D eigenvalue weighted by atomic mass is 28.1. The molecule has 13 heavy (non-hydrogen) atoms. The SMILES string of the molecule is CCOCC([SiH3])(OCC)OCC.[SiH4]. The molecule has 0 aromatic rings. The molecule has 0 aromatic carbocycles. The molecule has 0 atom stereocenters. The Kier molecular flexibility index (Phi) is 10.8. The van der Waals surface area contributed by atoms with Crippen LogP contribution in [-0.4, -0.2) is 53.0 Å². The highest BCUT2D eigenvalue weighted by molar-refractivity contribution is 6.13. The Balaban J connectivity index is 0. The summed E-state index contributed by atoms with van der Waals surface area (Å²) in [5, 5.41) is 0. The van der Waals surface area contributed by atoms with Gasteiger partial charge in [0.1, 0.15) is 0 Å². The first-order valence-electron chi connectivity index (χ1n) is 4.54. The molecule has 3 nitrogen and oxygen atoms in total. The summed E-state index contributed by atoms with van der Waals surface area (Å²) < 4.78 is 16.3. The third-order valence-corrected chi connectivity index (χ3v) is 2.33. The average molecular weight is 224 g/mol. The Bertz CT molecular complexity index is 106. The molecule has 0 amide bonds. The molecule has 0 unspecified atom stereocenters. The van der Waals surface area contributed by atoms with Gasteiger partial charge in [0.25, 0.3) is 0 Å². The van der Waals surface area contributed by atoms with E-state index in [1.807, 2.05) is 20.8 Å². The van der Waals surface area contributed by atoms with Crippen molar-refractivity contribution in [3.05, 3.63) is 0 Å². The highest BCUT2D eigenvalue weighted by Gasteiger charge is 2.24. The lowest BCUT2D eigenvalue weighted by Gasteiger charge is -2.29. The van der Waals surface area contributed by atoms with E-state index in [-0.39, 0.29) is 11.0 Å². The minimum Gasteiger partial charge on any atom is -0.377 e. The molecule has 0 aromatic heterocycles. The number of hydrogen-bond donors (Lipinski definition) is 0. The summed E-state index contributed by atoms with van der Waals surface area (Å²) in [6.45, 7) is 8.53. The van der Waals surface area contributed by atoms with Crippen molar-refractivity contribution in [2.75, 3.05) is 26.4 Å². The van der Waals surface area contributed by atoms with Gasteiger partial charge in [-0.1, -0.05) is 0 Å². The monoisotopic (exact) mass is 224 g/mol. The molecule has 0 bridgehead atoms. The summed E-state index contributed by atoms with van der Waals surface area (Å²) in [6.07, 6.45) is 0. The van der Waals surface area contributed by atoms with Gasteiger partial charge >= 0.3 is 0 Å². The topological polar surface area (TPSA) is 27.7 Å².